The molecule has 44 heavy (non-hydrogen) atoms. The van der Waals surface area contributed by atoms with Gasteiger partial charge in [-0.05, 0) is 39.1 Å². The van der Waals surface area contributed by atoms with Gasteiger partial charge in [0.1, 0.15) is 17.9 Å². The van der Waals surface area contributed by atoms with Crippen molar-refractivity contribution in [2.45, 2.75) is 30.8 Å². The lowest BCUT2D eigenvalue weighted by atomic mass is 10.1. The Morgan fingerprint density at radius 3 is 2.45 bits per heavy atom. The quantitative estimate of drug-likeness (QED) is 0.307. The van der Waals surface area contributed by atoms with Crippen LogP contribution in [-0.4, -0.2) is 91.8 Å². The van der Waals surface area contributed by atoms with E-state index in [1.165, 1.54) is 44.3 Å². The fraction of sp³-hybridized carbons (Fsp3) is 0.379. The molecule has 0 radical (unpaired) electrons. The second kappa shape index (κ2) is 14.1. The fourth-order valence-corrected chi connectivity index (χ4v) is 6.20. The van der Waals surface area contributed by atoms with Crippen molar-refractivity contribution in [1.29, 1.82) is 0 Å². The van der Waals surface area contributed by atoms with Crippen LogP contribution < -0.4 is 21.1 Å². The molecule has 3 heterocycles. The second-order valence-electron chi connectivity index (χ2n) is 10.3. The monoisotopic (exact) mass is 628 g/mol. The molecule has 15 heteroatoms. The van der Waals surface area contributed by atoms with Gasteiger partial charge < -0.3 is 35.7 Å². The molecule has 2 aliphatic heterocycles. The number of nitrogens with two attached hydrogens (primary N) is 1. The zero-order valence-electron chi connectivity index (χ0n) is 24.7. The minimum absolute atomic E-state index is 0.0574. The number of hydrogen-bond acceptors (Lipinski definition) is 11. The Kier molecular flexibility index (Phi) is 10.5. The molecule has 3 aromatic rings. The molecule has 14 nitrogen and oxygen atoms in total. The molecule has 1 aromatic heterocycles. The number of carboxylic acids is 1. The lowest BCUT2D eigenvalue weighted by Gasteiger charge is -2.34. The number of sulfonamides is 1. The van der Waals surface area contributed by atoms with Crippen LogP contribution in [0.25, 0.3) is 11.3 Å². The van der Waals surface area contributed by atoms with Crippen molar-refractivity contribution in [2.24, 2.45) is 0 Å². The molecule has 0 saturated carbocycles. The minimum Gasteiger partial charge on any atom is -0.489 e. The maximum Gasteiger partial charge on any atom is 0.324 e. The van der Waals surface area contributed by atoms with E-state index in [1.807, 2.05) is 6.07 Å². The van der Waals surface area contributed by atoms with Gasteiger partial charge in [-0.1, -0.05) is 24.3 Å². The first-order valence-corrected chi connectivity index (χ1v) is 15.3. The third-order valence-electron chi connectivity index (χ3n) is 6.90. The van der Waals surface area contributed by atoms with Crippen molar-refractivity contribution in [2.75, 3.05) is 57.7 Å². The van der Waals surface area contributed by atoms with E-state index < -0.39 is 27.4 Å². The van der Waals surface area contributed by atoms with Gasteiger partial charge in [-0.25, -0.2) is 18.4 Å². The first-order valence-electron chi connectivity index (χ1n) is 13.8. The third-order valence-corrected chi connectivity index (χ3v) is 8.98. The van der Waals surface area contributed by atoms with Crippen LogP contribution in [0.4, 0.5) is 11.5 Å². The number of hydrogen-bond donors (Lipinski definition) is 4. The van der Waals surface area contributed by atoms with E-state index in [1.54, 1.807) is 19.2 Å². The number of carboxylic acid groups (broad SMARTS) is 1. The number of rotatable bonds is 4. The SMILES string of the molecule is CNCc1cccc2c1OCCOCCOCCN(C(C)(C)C(=O)O)S(=O)(=O)c1ccc(cc1)-c1cnc(N)c(n1)C(=O)N2. The highest BCUT2D eigenvalue weighted by molar-refractivity contribution is 7.89. The van der Waals surface area contributed by atoms with E-state index in [-0.39, 0.29) is 61.7 Å². The van der Waals surface area contributed by atoms with Crippen molar-refractivity contribution in [3.8, 4) is 17.0 Å². The second-order valence-corrected chi connectivity index (χ2v) is 12.2. The Bertz CT molecular complexity index is 1600. The smallest absolute Gasteiger partial charge is 0.324 e. The van der Waals surface area contributed by atoms with Crippen LogP contribution in [0.2, 0.25) is 0 Å². The number of nitrogen functional groups attached to an aromatic ring is 1. The molecule has 0 spiro atoms. The summed E-state index contributed by atoms with van der Waals surface area (Å²) in [7, 11) is -2.47. The molecule has 5 N–H and O–H groups in total. The summed E-state index contributed by atoms with van der Waals surface area (Å²) in [4.78, 5) is 33.8. The Morgan fingerprint density at radius 2 is 1.77 bits per heavy atom. The normalized spacial score (nSPS) is 16.9. The molecule has 1 amide bonds. The summed E-state index contributed by atoms with van der Waals surface area (Å²) in [6.45, 7) is 3.53. The molecule has 0 saturated heterocycles. The molecule has 0 atom stereocenters. The maximum atomic E-state index is 13.6. The van der Waals surface area contributed by atoms with E-state index >= 15 is 0 Å². The number of fused-ring (bicyclic) bond motifs is 13. The van der Waals surface area contributed by atoms with Gasteiger partial charge in [0.05, 0.1) is 48.9 Å². The highest BCUT2D eigenvalue weighted by Gasteiger charge is 2.42. The number of ether oxygens (including phenoxy) is 3. The Labute approximate surface area is 255 Å². The van der Waals surface area contributed by atoms with E-state index in [4.69, 9.17) is 19.9 Å². The molecular weight excluding hydrogens is 592 g/mol. The number of carbonyl (C=O) groups excluding carboxylic acids is 1. The molecule has 0 fully saturated rings. The zero-order chi connectivity index (χ0) is 31.9. The first-order chi connectivity index (χ1) is 21.0. The molecular formula is C29H36N6O8S. The summed E-state index contributed by atoms with van der Waals surface area (Å²) in [6, 6.07) is 11.0. The summed E-state index contributed by atoms with van der Waals surface area (Å²) in [5.41, 5.74) is 6.06. The predicted molar refractivity (Wildman–Crippen MR) is 162 cm³/mol. The standard InChI is InChI=1S/C29H36N6O8S/c1-29(2,28(37)38)35-11-12-41-13-14-42-15-16-43-25-20(17-31-3)5-4-6-22(25)34-27(36)24-26(30)32-18-23(33-24)19-7-9-21(10-8-19)44(35,39)40/h4-10,18,31H,11-17H2,1-3H3,(H2,30,32)(H,34,36)(H,37,38). The summed E-state index contributed by atoms with van der Waals surface area (Å²) < 4.78 is 45.4. The highest BCUT2D eigenvalue weighted by atomic mass is 32.2. The Balaban J connectivity index is 1.73. The van der Waals surface area contributed by atoms with Gasteiger partial charge in [-0.15, -0.1) is 0 Å². The number of amides is 1. The van der Waals surface area contributed by atoms with Crippen molar-refractivity contribution in [3.05, 3.63) is 59.9 Å². The van der Waals surface area contributed by atoms with Gasteiger partial charge in [0.25, 0.3) is 5.91 Å². The zero-order valence-corrected chi connectivity index (χ0v) is 25.5. The van der Waals surface area contributed by atoms with Crippen LogP contribution in [0.3, 0.4) is 0 Å². The number of anilines is 2. The number of nitrogens with one attached hydrogen (secondary N) is 2. The van der Waals surface area contributed by atoms with Crippen molar-refractivity contribution < 1.29 is 37.3 Å². The van der Waals surface area contributed by atoms with Crippen LogP contribution in [0.5, 0.6) is 5.75 Å². The summed E-state index contributed by atoms with van der Waals surface area (Å²) in [5, 5.41) is 15.7. The van der Waals surface area contributed by atoms with E-state index in [9.17, 15) is 23.1 Å². The van der Waals surface area contributed by atoms with Crippen molar-refractivity contribution in [3.63, 3.8) is 0 Å². The molecule has 0 unspecified atom stereocenters. The van der Waals surface area contributed by atoms with Crippen molar-refractivity contribution >= 4 is 33.4 Å². The molecule has 4 bridgehead atoms. The predicted octanol–water partition coefficient (Wildman–Crippen LogP) is 1.98. The Hall–Kier alpha value is -4.15. The maximum absolute atomic E-state index is 13.6. The Morgan fingerprint density at radius 1 is 1.09 bits per heavy atom. The largest absolute Gasteiger partial charge is 0.489 e. The molecule has 5 rings (SSSR count). The summed E-state index contributed by atoms with van der Waals surface area (Å²) in [5.74, 6) is -1.58. The van der Waals surface area contributed by atoms with Crippen LogP contribution >= 0.6 is 0 Å². The van der Waals surface area contributed by atoms with Crippen LogP contribution in [0.15, 0.2) is 53.6 Å². The minimum atomic E-state index is -4.27. The molecule has 0 aliphatic carbocycles. The van der Waals surface area contributed by atoms with Gasteiger partial charge in [0.15, 0.2) is 11.5 Å². The number of aromatic nitrogens is 2. The average Bonchev–Trinajstić information content (AvgIpc) is 2.98. The van der Waals surface area contributed by atoms with Crippen LogP contribution in [0.1, 0.15) is 29.9 Å². The average molecular weight is 629 g/mol. The number of para-hydroxylation sites is 1. The number of aliphatic carboxylic acids is 1. The topological polar surface area (TPSA) is 195 Å². The van der Waals surface area contributed by atoms with Gasteiger partial charge in [0, 0.05) is 24.2 Å². The van der Waals surface area contributed by atoms with E-state index in [0.717, 1.165) is 9.87 Å². The van der Waals surface area contributed by atoms with Crippen LogP contribution in [0, 0.1) is 0 Å². The number of nitrogens with zero attached hydrogens (tertiary/aromatic N) is 3. The first kappa shape index (κ1) is 32.8. The number of carbonyl (C=O) groups is 2. The summed E-state index contributed by atoms with van der Waals surface area (Å²) in [6.07, 6.45) is 1.37. The van der Waals surface area contributed by atoms with Crippen LogP contribution in [-0.2, 0) is 30.8 Å². The fourth-order valence-electron chi connectivity index (χ4n) is 4.47. The van der Waals surface area contributed by atoms with E-state index in [2.05, 4.69) is 20.6 Å². The molecule has 236 valence electrons. The van der Waals surface area contributed by atoms with E-state index in [0.29, 0.717) is 23.5 Å². The molecule has 2 aromatic carbocycles. The molecule has 2 aliphatic rings. The van der Waals surface area contributed by atoms with Gasteiger partial charge in [-0.3, -0.25) is 9.59 Å². The number of benzene rings is 2. The summed E-state index contributed by atoms with van der Waals surface area (Å²) >= 11 is 0. The van der Waals surface area contributed by atoms with Gasteiger partial charge in [0.2, 0.25) is 10.0 Å². The third kappa shape index (κ3) is 7.31. The lowest BCUT2D eigenvalue weighted by Crippen LogP contribution is -2.54. The van der Waals surface area contributed by atoms with Gasteiger partial charge in [-0.2, -0.15) is 4.31 Å². The van der Waals surface area contributed by atoms with Crippen molar-refractivity contribution in [1.82, 2.24) is 19.6 Å². The highest BCUT2D eigenvalue weighted by Crippen LogP contribution is 2.31. The van der Waals surface area contributed by atoms with Gasteiger partial charge >= 0.3 is 5.97 Å². The lowest BCUT2D eigenvalue weighted by molar-refractivity contribution is -0.146.